The molecular formula is C17H26ClNO. The fourth-order valence-corrected chi connectivity index (χ4v) is 3.06. The van der Waals surface area contributed by atoms with Crippen molar-refractivity contribution in [3.8, 4) is 5.75 Å². The quantitative estimate of drug-likeness (QED) is 0.752. The molecule has 1 aliphatic carbocycles. The van der Waals surface area contributed by atoms with E-state index in [9.17, 15) is 0 Å². The van der Waals surface area contributed by atoms with Crippen LogP contribution in [0.15, 0.2) is 24.3 Å². The molecule has 1 aromatic carbocycles. The van der Waals surface area contributed by atoms with Gasteiger partial charge in [-0.2, -0.15) is 0 Å². The van der Waals surface area contributed by atoms with Gasteiger partial charge in [0.1, 0.15) is 12.4 Å². The Morgan fingerprint density at radius 3 is 2.60 bits per heavy atom. The molecule has 1 aliphatic rings. The molecule has 3 heteroatoms. The van der Waals surface area contributed by atoms with Crippen LogP contribution in [-0.4, -0.2) is 19.2 Å². The van der Waals surface area contributed by atoms with Crippen molar-refractivity contribution in [1.29, 1.82) is 0 Å². The fourth-order valence-electron chi connectivity index (χ4n) is 2.93. The van der Waals surface area contributed by atoms with E-state index in [2.05, 4.69) is 12.2 Å². The molecule has 0 bridgehead atoms. The first-order valence-corrected chi connectivity index (χ1v) is 8.27. The first kappa shape index (κ1) is 15.7. The number of rotatable bonds is 8. The van der Waals surface area contributed by atoms with Crippen LogP contribution in [0.2, 0.25) is 5.02 Å². The molecule has 0 amide bonds. The van der Waals surface area contributed by atoms with Gasteiger partial charge in [0.15, 0.2) is 0 Å². The van der Waals surface area contributed by atoms with E-state index in [1.807, 2.05) is 24.3 Å². The summed E-state index contributed by atoms with van der Waals surface area (Å²) in [6.45, 7) is 4.03. The standard InChI is InChI=1S/C17H26ClNO/c1-2-11-19-16(12-14-5-3-4-6-14)13-20-17-9-7-15(18)8-10-17/h7-10,14,16,19H,2-6,11-13H2,1H3. The molecule has 1 atom stereocenters. The van der Waals surface area contributed by atoms with Gasteiger partial charge >= 0.3 is 0 Å². The van der Waals surface area contributed by atoms with Crippen molar-refractivity contribution in [1.82, 2.24) is 5.32 Å². The minimum absolute atomic E-state index is 0.466. The predicted octanol–water partition coefficient (Wildman–Crippen LogP) is 4.67. The molecule has 2 nitrogen and oxygen atoms in total. The number of benzene rings is 1. The van der Waals surface area contributed by atoms with Crippen LogP contribution in [0.5, 0.6) is 5.75 Å². The SMILES string of the molecule is CCCNC(COc1ccc(Cl)cc1)CC1CCCC1. The van der Waals surface area contributed by atoms with E-state index in [1.54, 1.807) is 0 Å². The largest absolute Gasteiger partial charge is 0.492 e. The van der Waals surface area contributed by atoms with Crippen LogP contribution in [0.25, 0.3) is 0 Å². The van der Waals surface area contributed by atoms with E-state index < -0.39 is 0 Å². The van der Waals surface area contributed by atoms with Gasteiger partial charge in [0.25, 0.3) is 0 Å². The molecule has 2 rings (SSSR count). The van der Waals surface area contributed by atoms with Gasteiger partial charge < -0.3 is 10.1 Å². The van der Waals surface area contributed by atoms with Gasteiger partial charge in [-0.25, -0.2) is 0 Å². The van der Waals surface area contributed by atoms with Crippen LogP contribution in [0.4, 0.5) is 0 Å². The summed E-state index contributed by atoms with van der Waals surface area (Å²) >= 11 is 5.89. The van der Waals surface area contributed by atoms with E-state index in [4.69, 9.17) is 16.3 Å². The Hall–Kier alpha value is -0.730. The van der Waals surface area contributed by atoms with Crippen molar-refractivity contribution in [2.24, 2.45) is 5.92 Å². The second-order valence-corrected chi connectivity index (χ2v) is 6.24. The van der Waals surface area contributed by atoms with Crippen LogP contribution >= 0.6 is 11.6 Å². The molecule has 1 unspecified atom stereocenters. The average Bonchev–Trinajstić information content (AvgIpc) is 2.96. The second kappa shape index (κ2) is 8.53. The van der Waals surface area contributed by atoms with Crippen molar-refractivity contribution >= 4 is 11.6 Å². The molecule has 1 fully saturated rings. The highest BCUT2D eigenvalue weighted by molar-refractivity contribution is 6.30. The molecule has 0 heterocycles. The van der Waals surface area contributed by atoms with Crippen molar-refractivity contribution in [2.75, 3.05) is 13.2 Å². The highest BCUT2D eigenvalue weighted by atomic mass is 35.5. The lowest BCUT2D eigenvalue weighted by Gasteiger charge is -2.22. The van der Waals surface area contributed by atoms with Crippen LogP contribution < -0.4 is 10.1 Å². The summed E-state index contributed by atoms with van der Waals surface area (Å²) < 4.78 is 5.91. The summed E-state index contributed by atoms with van der Waals surface area (Å²) in [6, 6.07) is 8.10. The maximum Gasteiger partial charge on any atom is 0.119 e. The third kappa shape index (κ3) is 5.34. The third-order valence-corrected chi connectivity index (χ3v) is 4.29. The summed E-state index contributed by atoms with van der Waals surface area (Å²) in [4.78, 5) is 0. The third-order valence-electron chi connectivity index (χ3n) is 4.04. The topological polar surface area (TPSA) is 21.3 Å². The highest BCUT2D eigenvalue weighted by Gasteiger charge is 2.20. The molecule has 1 saturated carbocycles. The molecule has 0 aliphatic heterocycles. The smallest absolute Gasteiger partial charge is 0.119 e. The lowest BCUT2D eigenvalue weighted by atomic mass is 9.98. The number of nitrogens with one attached hydrogen (secondary N) is 1. The van der Waals surface area contributed by atoms with E-state index in [0.29, 0.717) is 6.04 Å². The summed E-state index contributed by atoms with van der Waals surface area (Å²) in [5.74, 6) is 1.79. The van der Waals surface area contributed by atoms with Gasteiger partial charge in [0.05, 0.1) is 0 Å². The minimum atomic E-state index is 0.466. The van der Waals surface area contributed by atoms with Gasteiger partial charge in [-0.15, -0.1) is 0 Å². The van der Waals surface area contributed by atoms with E-state index >= 15 is 0 Å². The highest BCUT2D eigenvalue weighted by Crippen LogP contribution is 2.28. The van der Waals surface area contributed by atoms with Crippen molar-refractivity contribution in [2.45, 2.75) is 51.5 Å². The second-order valence-electron chi connectivity index (χ2n) is 5.80. The van der Waals surface area contributed by atoms with Crippen LogP contribution in [0, 0.1) is 5.92 Å². The summed E-state index contributed by atoms with van der Waals surface area (Å²) in [6.07, 6.45) is 8.01. The van der Waals surface area contributed by atoms with Crippen molar-refractivity contribution in [3.05, 3.63) is 29.3 Å². The van der Waals surface area contributed by atoms with Crippen molar-refractivity contribution < 1.29 is 4.74 Å². The van der Waals surface area contributed by atoms with Crippen LogP contribution in [-0.2, 0) is 0 Å². The van der Waals surface area contributed by atoms with Gasteiger partial charge in [-0.1, -0.05) is 44.2 Å². The van der Waals surface area contributed by atoms with Gasteiger partial charge in [-0.3, -0.25) is 0 Å². The van der Waals surface area contributed by atoms with Crippen molar-refractivity contribution in [3.63, 3.8) is 0 Å². The summed E-state index contributed by atoms with van der Waals surface area (Å²) in [7, 11) is 0. The van der Waals surface area contributed by atoms with Crippen LogP contribution in [0.3, 0.4) is 0 Å². The molecule has 1 aromatic rings. The Kier molecular flexibility index (Phi) is 6.68. The molecule has 0 saturated heterocycles. The van der Waals surface area contributed by atoms with Gasteiger partial charge in [0.2, 0.25) is 0 Å². The first-order chi connectivity index (χ1) is 9.78. The maximum atomic E-state index is 5.91. The molecule has 20 heavy (non-hydrogen) atoms. The molecule has 112 valence electrons. The molecule has 1 N–H and O–H groups in total. The minimum Gasteiger partial charge on any atom is -0.492 e. The average molecular weight is 296 g/mol. The zero-order chi connectivity index (χ0) is 14.2. The van der Waals surface area contributed by atoms with E-state index in [0.717, 1.165) is 29.8 Å². The Bertz CT molecular complexity index is 373. The predicted molar refractivity (Wildman–Crippen MR) is 85.6 cm³/mol. The molecule has 0 aromatic heterocycles. The van der Waals surface area contributed by atoms with Gasteiger partial charge in [-0.05, 0) is 49.6 Å². The summed E-state index contributed by atoms with van der Waals surface area (Å²) in [5.41, 5.74) is 0. The Labute approximate surface area is 127 Å². The van der Waals surface area contributed by atoms with E-state index in [-0.39, 0.29) is 0 Å². The van der Waals surface area contributed by atoms with Gasteiger partial charge in [0, 0.05) is 11.1 Å². The van der Waals surface area contributed by atoms with Crippen LogP contribution in [0.1, 0.15) is 45.4 Å². The normalized spacial score (nSPS) is 17.3. The number of halogens is 1. The monoisotopic (exact) mass is 295 g/mol. The Balaban J connectivity index is 1.80. The molecule has 0 spiro atoms. The molecule has 0 radical (unpaired) electrons. The Morgan fingerprint density at radius 1 is 1.25 bits per heavy atom. The number of ether oxygens (including phenoxy) is 1. The zero-order valence-electron chi connectivity index (χ0n) is 12.4. The zero-order valence-corrected chi connectivity index (χ0v) is 13.2. The first-order valence-electron chi connectivity index (χ1n) is 7.89. The maximum absolute atomic E-state index is 5.91. The fraction of sp³-hybridized carbons (Fsp3) is 0.647. The lowest BCUT2D eigenvalue weighted by molar-refractivity contribution is 0.238. The number of hydrogen-bond donors (Lipinski definition) is 1. The molecular weight excluding hydrogens is 270 g/mol. The summed E-state index contributed by atoms with van der Waals surface area (Å²) in [5, 5.41) is 4.38. The van der Waals surface area contributed by atoms with E-state index in [1.165, 1.54) is 38.5 Å². The lowest BCUT2D eigenvalue weighted by Crippen LogP contribution is -2.36. The number of hydrogen-bond acceptors (Lipinski definition) is 2. The Morgan fingerprint density at radius 2 is 1.95 bits per heavy atom.